The lowest BCUT2D eigenvalue weighted by Gasteiger charge is -2.23. The Morgan fingerprint density at radius 1 is 1.19 bits per heavy atom. The Morgan fingerprint density at radius 2 is 1.96 bits per heavy atom. The smallest absolute Gasteiger partial charge is 0.238 e. The largest absolute Gasteiger partial charge is 0.497 e. The zero-order valence-corrected chi connectivity index (χ0v) is 15.7. The van der Waals surface area contributed by atoms with E-state index in [1.165, 1.54) is 0 Å². The lowest BCUT2D eigenvalue weighted by Crippen LogP contribution is -2.40. The Kier molecular flexibility index (Phi) is 5.57. The number of anilines is 1. The summed E-state index contributed by atoms with van der Waals surface area (Å²) < 4.78 is 5.15. The van der Waals surface area contributed by atoms with E-state index in [0.717, 1.165) is 10.9 Å². The van der Waals surface area contributed by atoms with Crippen molar-refractivity contribution >= 4 is 28.3 Å². The molecular weight excluding hydrogens is 342 g/mol. The van der Waals surface area contributed by atoms with Crippen molar-refractivity contribution in [2.45, 2.75) is 13.0 Å². The van der Waals surface area contributed by atoms with Gasteiger partial charge in [0, 0.05) is 34.4 Å². The Balaban J connectivity index is 1.65. The molecule has 2 aromatic carbocycles. The summed E-state index contributed by atoms with van der Waals surface area (Å²) in [5, 5.41) is 3.72. The Hall–Kier alpha value is -3.12. The first kappa shape index (κ1) is 18.7. The number of hydrogen-bond donors (Lipinski definition) is 2. The van der Waals surface area contributed by atoms with Crippen LogP contribution in [-0.4, -0.2) is 48.3 Å². The number of nitrogens with one attached hydrogen (secondary N) is 2. The lowest BCUT2D eigenvalue weighted by atomic mass is 10.0. The van der Waals surface area contributed by atoms with E-state index in [1.807, 2.05) is 37.3 Å². The predicted molar refractivity (Wildman–Crippen MR) is 106 cm³/mol. The molecule has 0 fully saturated rings. The van der Waals surface area contributed by atoms with Gasteiger partial charge in [-0.15, -0.1) is 0 Å². The average molecular weight is 365 g/mol. The van der Waals surface area contributed by atoms with E-state index in [-0.39, 0.29) is 18.2 Å². The molecule has 2 N–H and O–H groups in total. The number of rotatable bonds is 7. The van der Waals surface area contributed by atoms with Gasteiger partial charge in [0.15, 0.2) is 5.78 Å². The molecule has 0 bridgehead atoms. The molecule has 3 rings (SSSR count). The maximum atomic E-state index is 12.9. The zero-order valence-electron chi connectivity index (χ0n) is 15.7. The van der Waals surface area contributed by atoms with Crippen molar-refractivity contribution in [3.63, 3.8) is 0 Å². The van der Waals surface area contributed by atoms with Crippen LogP contribution in [0.15, 0.2) is 54.7 Å². The van der Waals surface area contributed by atoms with Crippen LogP contribution in [0.4, 0.5) is 5.69 Å². The van der Waals surface area contributed by atoms with Crippen molar-refractivity contribution in [2.75, 3.05) is 26.0 Å². The minimum Gasteiger partial charge on any atom is -0.497 e. The number of ketones is 1. The van der Waals surface area contributed by atoms with Crippen LogP contribution in [0.5, 0.6) is 5.75 Å². The van der Waals surface area contributed by atoms with Gasteiger partial charge < -0.3 is 15.0 Å². The highest BCUT2D eigenvalue weighted by atomic mass is 16.5. The molecule has 0 saturated heterocycles. The summed E-state index contributed by atoms with van der Waals surface area (Å²) in [5.41, 5.74) is 2.22. The fraction of sp³-hybridized carbons (Fsp3) is 0.238. The average Bonchev–Trinajstić information content (AvgIpc) is 3.11. The van der Waals surface area contributed by atoms with E-state index in [2.05, 4.69) is 10.3 Å². The summed E-state index contributed by atoms with van der Waals surface area (Å²) in [5.74, 6) is 0.456. The van der Waals surface area contributed by atoms with Crippen LogP contribution in [0.1, 0.15) is 17.3 Å². The van der Waals surface area contributed by atoms with Gasteiger partial charge in [0.25, 0.3) is 0 Å². The molecule has 0 unspecified atom stereocenters. The monoisotopic (exact) mass is 365 g/mol. The molecule has 0 spiro atoms. The summed E-state index contributed by atoms with van der Waals surface area (Å²) in [6.45, 7) is 1.91. The molecule has 6 nitrogen and oxygen atoms in total. The molecule has 0 aliphatic heterocycles. The third kappa shape index (κ3) is 4.17. The molecule has 1 aromatic heterocycles. The standard InChI is InChI=1S/C21H23N3O3/c1-14(21(26)18-12-22-19-10-5-4-9-17(18)19)24(2)13-20(25)23-15-7-6-8-16(11-15)27-3/h4-12,14,22H,13H2,1-3H3,(H,23,25)/t14-/m0/s1. The number of amides is 1. The van der Waals surface area contributed by atoms with Crippen LogP contribution in [0.25, 0.3) is 10.9 Å². The minimum atomic E-state index is -0.430. The van der Waals surface area contributed by atoms with Crippen molar-refractivity contribution in [3.05, 3.63) is 60.3 Å². The predicted octanol–water partition coefficient (Wildman–Crippen LogP) is 3.32. The first-order valence-corrected chi connectivity index (χ1v) is 8.74. The normalized spacial score (nSPS) is 12.1. The fourth-order valence-corrected chi connectivity index (χ4v) is 2.97. The topological polar surface area (TPSA) is 74.4 Å². The Labute approximate surface area is 158 Å². The van der Waals surface area contributed by atoms with Crippen LogP contribution in [-0.2, 0) is 4.79 Å². The maximum absolute atomic E-state index is 12.9. The Morgan fingerprint density at radius 3 is 2.74 bits per heavy atom. The highest BCUT2D eigenvalue weighted by Crippen LogP contribution is 2.20. The van der Waals surface area contributed by atoms with Crippen molar-refractivity contribution in [1.29, 1.82) is 0 Å². The fourth-order valence-electron chi connectivity index (χ4n) is 2.97. The highest BCUT2D eigenvalue weighted by Gasteiger charge is 2.23. The molecule has 3 aromatic rings. The molecule has 0 aliphatic rings. The van der Waals surface area contributed by atoms with Gasteiger partial charge in [-0.05, 0) is 32.2 Å². The number of hydrogen-bond acceptors (Lipinski definition) is 4. The van der Waals surface area contributed by atoms with Gasteiger partial charge >= 0.3 is 0 Å². The molecule has 1 heterocycles. The summed E-state index contributed by atoms with van der Waals surface area (Å²) in [6.07, 6.45) is 1.73. The molecule has 0 radical (unpaired) electrons. The second kappa shape index (κ2) is 8.05. The first-order valence-electron chi connectivity index (χ1n) is 8.74. The number of para-hydroxylation sites is 1. The molecule has 1 atom stereocenters. The SMILES string of the molecule is COc1cccc(NC(=O)CN(C)[C@@H](C)C(=O)c2c[nH]c3ccccc23)c1. The third-order valence-corrected chi connectivity index (χ3v) is 4.64. The van der Waals surface area contributed by atoms with Crippen LogP contribution in [0.2, 0.25) is 0 Å². The van der Waals surface area contributed by atoms with Gasteiger partial charge in [0.05, 0.1) is 19.7 Å². The molecule has 140 valence electrons. The Bertz CT molecular complexity index is 964. The number of carbonyl (C=O) groups is 2. The quantitative estimate of drug-likeness (QED) is 0.630. The van der Waals surface area contributed by atoms with E-state index in [4.69, 9.17) is 4.74 Å². The number of nitrogens with zero attached hydrogens (tertiary/aromatic N) is 1. The number of Topliss-reactive ketones (excluding diaryl/α,β-unsaturated/α-hetero) is 1. The van der Waals surface area contributed by atoms with Gasteiger partial charge in [0.2, 0.25) is 5.91 Å². The first-order chi connectivity index (χ1) is 13.0. The summed E-state index contributed by atoms with van der Waals surface area (Å²) >= 11 is 0. The number of methoxy groups -OCH3 is 1. The van der Waals surface area contributed by atoms with Crippen LogP contribution in [0, 0.1) is 0 Å². The van der Waals surface area contributed by atoms with E-state index in [1.54, 1.807) is 43.5 Å². The van der Waals surface area contributed by atoms with Crippen molar-refractivity contribution < 1.29 is 14.3 Å². The van der Waals surface area contributed by atoms with Crippen LogP contribution in [0.3, 0.4) is 0 Å². The lowest BCUT2D eigenvalue weighted by molar-refractivity contribution is -0.117. The van der Waals surface area contributed by atoms with Gasteiger partial charge in [-0.1, -0.05) is 24.3 Å². The number of aromatic amines is 1. The molecule has 0 saturated carbocycles. The van der Waals surface area contributed by atoms with Crippen LogP contribution >= 0.6 is 0 Å². The molecule has 0 aliphatic carbocycles. The van der Waals surface area contributed by atoms with Gasteiger partial charge in [-0.25, -0.2) is 0 Å². The second-order valence-electron chi connectivity index (χ2n) is 6.48. The van der Waals surface area contributed by atoms with Gasteiger partial charge in [-0.3, -0.25) is 14.5 Å². The molecule has 1 amide bonds. The number of aromatic nitrogens is 1. The summed E-state index contributed by atoms with van der Waals surface area (Å²) in [6, 6.07) is 14.4. The number of benzene rings is 2. The van der Waals surface area contributed by atoms with E-state index < -0.39 is 6.04 Å². The number of H-pyrrole nitrogens is 1. The number of likely N-dealkylation sites (N-methyl/N-ethyl adjacent to an activating group) is 1. The molecule has 6 heteroatoms. The minimum absolute atomic E-state index is 0.0240. The maximum Gasteiger partial charge on any atom is 0.238 e. The molecular formula is C21H23N3O3. The van der Waals surface area contributed by atoms with Gasteiger partial charge in [0.1, 0.15) is 5.75 Å². The number of fused-ring (bicyclic) bond motifs is 1. The second-order valence-corrected chi connectivity index (χ2v) is 6.48. The highest BCUT2D eigenvalue weighted by molar-refractivity contribution is 6.10. The third-order valence-electron chi connectivity index (χ3n) is 4.64. The number of ether oxygens (including phenoxy) is 1. The van der Waals surface area contributed by atoms with E-state index in [0.29, 0.717) is 17.0 Å². The number of carbonyl (C=O) groups excluding carboxylic acids is 2. The summed E-state index contributed by atoms with van der Waals surface area (Å²) in [7, 11) is 3.34. The van der Waals surface area contributed by atoms with Crippen molar-refractivity contribution in [3.8, 4) is 5.75 Å². The van der Waals surface area contributed by atoms with E-state index >= 15 is 0 Å². The zero-order chi connectivity index (χ0) is 19.4. The van der Waals surface area contributed by atoms with Gasteiger partial charge in [-0.2, -0.15) is 0 Å². The van der Waals surface area contributed by atoms with Crippen molar-refractivity contribution in [2.24, 2.45) is 0 Å². The molecule has 27 heavy (non-hydrogen) atoms. The van der Waals surface area contributed by atoms with Crippen LogP contribution < -0.4 is 10.1 Å². The summed E-state index contributed by atoms with van der Waals surface area (Å²) in [4.78, 5) is 30.1. The van der Waals surface area contributed by atoms with Crippen molar-refractivity contribution in [1.82, 2.24) is 9.88 Å². The van der Waals surface area contributed by atoms with E-state index in [9.17, 15) is 9.59 Å².